The number of rotatable bonds is 6. The van der Waals surface area contributed by atoms with E-state index in [1.165, 1.54) is 18.3 Å². The van der Waals surface area contributed by atoms with E-state index in [9.17, 15) is 18.4 Å². The summed E-state index contributed by atoms with van der Waals surface area (Å²) in [6.45, 7) is 4.20. The first-order valence-electron chi connectivity index (χ1n) is 8.83. The number of nitrogens with zero attached hydrogens (tertiary/aromatic N) is 2. The van der Waals surface area contributed by atoms with E-state index in [0.717, 1.165) is 25.2 Å². The van der Waals surface area contributed by atoms with Gasteiger partial charge in [-0.25, -0.2) is 8.78 Å². The fourth-order valence-corrected chi connectivity index (χ4v) is 2.73. The molecule has 2 N–H and O–H groups in total. The van der Waals surface area contributed by atoms with Crippen molar-refractivity contribution in [1.29, 1.82) is 0 Å². The second kappa shape index (κ2) is 9.34. The highest BCUT2D eigenvalue weighted by molar-refractivity contribution is 6.04. The molecule has 0 aliphatic carbocycles. The molecule has 1 aliphatic rings. The van der Waals surface area contributed by atoms with Gasteiger partial charge in [-0.15, -0.1) is 0 Å². The van der Waals surface area contributed by atoms with E-state index >= 15 is 0 Å². The number of hydrogen-bond acceptors (Lipinski definition) is 5. The van der Waals surface area contributed by atoms with Crippen molar-refractivity contribution in [3.05, 3.63) is 59.4 Å². The van der Waals surface area contributed by atoms with Crippen LogP contribution in [0.5, 0.6) is 0 Å². The molecule has 0 bridgehead atoms. The Labute approximate surface area is 160 Å². The van der Waals surface area contributed by atoms with Crippen LogP contribution in [-0.4, -0.2) is 61.1 Å². The van der Waals surface area contributed by atoms with Crippen LogP contribution in [0, 0.1) is 11.6 Å². The molecule has 1 saturated heterocycles. The largest absolute Gasteiger partial charge is 0.379 e. The van der Waals surface area contributed by atoms with Crippen LogP contribution < -0.4 is 10.6 Å². The molecule has 2 aromatic rings. The second-order valence-corrected chi connectivity index (χ2v) is 6.22. The number of aromatic nitrogens is 1. The van der Waals surface area contributed by atoms with E-state index in [1.54, 1.807) is 0 Å². The zero-order chi connectivity index (χ0) is 19.9. The van der Waals surface area contributed by atoms with Crippen LogP contribution in [0.25, 0.3) is 0 Å². The second-order valence-electron chi connectivity index (χ2n) is 6.22. The Balaban J connectivity index is 1.57. The zero-order valence-electron chi connectivity index (χ0n) is 15.1. The van der Waals surface area contributed by atoms with Crippen molar-refractivity contribution >= 4 is 17.5 Å². The summed E-state index contributed by atoms with van der Waals surface area (Å²) in [6.07, 6.45) is 1.33. The maximum Gasteiger partial charge on any atom is 0.274 e. The van der Waals surface area contributed by atoms with Crippen molar-refractivity contribution in [2.24, 2.45) is 0 Å². The first-order chi connectivity index (χ1) is 13.5. The number of morpholine rings is 1. The summed E-state index contributed by atoms with van der Waals surface area (Å²) in [7, 11) is 0. The summed E-state index contributed by atoms with van der Waals surface area (Å²) in [5.41, 5.74) is 0.0415. The highest BCUT2D eigenvalue weighted by Crippen LogP contribution is 2.16. The van der Waals surface area contributed by atoms with Crippen molar-refractivity contribution in [3.63, 3.8) is 0 Å². The van der Waals surface area contributed by atoms with E-state index in [4.69, 9.17) is 4.74 Å². The number of nitrogens with one attached hydrogen (secondary N) is 2. The van der Waals surface area contributed by atoms with Gasteiger partial charge in [-0.1, -0.05) is 0 Å². The highest BCUT2D eigenvalue weighted by Gasteiger charge is 2.15. The van der Waals surface area contributed by atoms with Crippen LogP contribution in [0.2, 0.25) is 0 Å². The molecule has 28 heavy (non-hydrogen) atoms. The molecule has 1 fully saturated rings. The zero-order valence-corrected chi connectivity index (χ0v) is 15.1. The Morgan fingerprint density at radius 3 is 2.64 bits per heavy atom. The number of anilines is 1. The molecule has 1 aliphatic heterocycles. The summed E-state index contributed by atoms with van der Waals surface area (Å²) in [5, 5.41) is 5.11. The predicted molar refractivity (Wildman–Crippen MR) is 98.1 cm³/mol. The fraction of sp³-hybridized carbons (Fsp3) is 0.316. The lowest BCUT2D eigenvalue weighted by Crippen LogP contribution is -2.41. The van der Waals surface area contributed by atoms with E-state index in [-0.39, 0.29) is 22.9 Å². The molecule has 0 spiro atoms. The monoisotopic (exact) mass is 390 g/mol. The Morgan fingerprint density at radius 1 is 1.11 bits per heavy atom. The number of carbonyl (C=O) groups excluding carboxylic acids is 2. The van der Waals surface area contributed by atoms with Crippen LogP contribution >= 0.6 is 0 Å². The van der Waals surface area contributed by atoms with Crippen LogP contribution in [-0.2, 0) is 4.74 Å². The molecular weight excluding hydrogens is 370 g/mol. The van der Waals surface area contributed by atoms with Crippen molar-refractivity contribution in [1.82, 2.24) is 15.2 Å². The maximum atomic E-state index is 13.7. The SMILES string of the molecule is O=C(NCCN1CCOCC1)c1ccnc(C(=O)Nc2ccc(F)cc2F)c1. The van der Waals surface area contributed by atoms with Gasteiger partial charge in [0.2, 0.25) is 0 Å². The predicted octanol–water partition coefficient (Wildman–Crippen LogP) is 1.67. The highest BCUT2D eigenvalue weighted by atomic mass is 19.1. The number of ether oxygens (including phenoxy) is 1. The van der Waals surface area contributed by atoms with Gasteiger partial charge in [-0.2, -0.15) is 0 Å². The number of carbonyl (C=O) groups is 2. The van der Waals surface area contributed by atoms with Crippen LogP contribution in [0.1, 0.15) is 20.8 Å². The number of amides is 2. The van der Waals surface area contributed by atoms with E-state index in [1.807, 2.05) is 0 Å². The molecule has 0 atom stereocenters. The first kappa shape index (κ1) is 19.8. The van der Waals surface area contributed by atoms with E-state index < -0.39 is 17.5 Å². The third kappa shape index (κ3) is 5.30. The molecule has 148 valence electrons. The molecule has 2 amide bonds. The summed E-state index contributed by atoms with van der Waals surface area (Å²) >= 11 is 0. The van der Waals surface area contributed by atoms with Gasteiger partial charge in [0.05, 0.1) is 18.9 Å². The molecule has 7 nitrogen and oxygen atoms in total. The number of halogens is 2. The quantitative estimate of drug-likeness (QED) is 0.784. The number of pyridine rings is 1. The van der Waals surface area contributed by atoms with Gasteiger partial charge in [-0.05, 0) is 24.3 Å². The van der Waals surface area contributed by atoms with Crippen molar-refractivity contribution in [2.75, 3.05) is 44.7 Å². The Morgan fingerprint density at radius 2 is 1.89 bits per heavy atom. The van der Waals surface area contributed by atoms with Crippen molar-refractivity contribution < 1.29 is 23.1 Å². The smallest absolute Gasteiger partial charge is 0.274 e. The molecule has 2 heterocycles. The maximum absolute atomic E-state index is 13.7. The topological polar surface area (TPSA) is 83.6 Å². The number of benzene rings is 1. The van der Waals surface area contributed by atoms with Crippen LogP contribution in [0.15, 0.2) is 36.5 Å². The Bertz CT molecular complexity index is 857. The standard InChI is InChI=1S/C19H20F2N4O3/c20-14-1-2-16(15(21)12-14)24-19(27)17-11-13(3-4-22-17)18(26)23-5-6-25-7-9-28-10-8-25/h1-4,11-12H,5-10H2,(H,23,26)(H,24,27). The van der Waals surface area contributed by atoms with Gasteiger partial charge in [0.15, 0.2) is 0 Å². The summed E-state index contributed by atoms with van der Waals surface area (Å²) in [4.78, 5) is 30.7. The summed E-state index contributed by atoms with van der Waals surface area (Å²) < 4.78 is 31.9. The van der Waals surface area contributed by atoms with Gasteiger partial charge >= 0.3 is 0 Å². The van der Waals surface area contributed by atoms with Crippen molar-refractivity contribution in [2.45, 2.75) is 0 Å². The lowest BCUT2D eigenvalue weighted by molar-refractivity contribution is 0.0383. The van der Waals surface area contributed by atoms with Gasteiger partial charge in [0, 0.05) is 44.0 Å². The van der Waals surface area contributed by atoms with Crippen LogP contribution in [0.4, 0.5) is 14.5 Å². The van der Waals surface area contributed by atoms with Gasteiger partial charge in [0.25, 0.3) is 11.8 Å². The average molecular weight is 390 g/mol. The van der Waals surface area contributed by atoms with Crippen molar-refractivity contribution in [3.8, 4) is 0 Å². The minimum absolute atomic E-state index is 0.0513. The normalized spacial score (nSPS) is 14.5. The molecule has 1 aromatic heterocycles. The third-order valence-corrected chi connectivity index (χ3v) is 4.25. The lowest BCUT2D eigenvalue weighted by atomic mass is 10.2. The molecule has 0 unspecified atom stereocenters. The minimum Gasteiger partial charge on any atom is -0.379 e. The summed E-state index contributed by atoms with van der Waals surface area (Å²) in [5.74, 6) is -2.68. The minimum atomic E-state index is -0.898. The Hall–Kier alpha value is -2.91. The average Bonchev–Trinajstić information content (AvgIpc) is 2.71. The summed E-state index contributed by atoms with van der Waals surface area (Å²) in [6, 6.07) is 5.62. The number of hydrogen-bond donors (Lipinski definition) is 2. The fourth-order valence-electron chi connectivity index (χ4n) is 2.73. The molecule has 0 radical (unpaired) electrons. The first-order valence-corrected chi connectivity index (χ1v) is 8.83. The van der Waals surface area contributed by atoms with Gasteiger partial charge < -0.3 is 15.4 Å². The third-order valence-electron chi connectivity index (χ3n) is 4.25. The van der Waals surface area contributed by atoms with Crippen LogP contribution in [0.3, 0.4) is 0 Å². The molecule has 3 rings (SSSR count). The molecule has 0 saturated carbocycles. The molecule has 1 aromatic carbocycles. The molecule has 9 heteroatoms. The van der Waals surface area contributed by atoms with Gasteiger partial charge in [-0.3, -0.25) is 19.5 Å². The van der Waals surface area contributed by atoms with E-state index in [0.29, 0.717) is 32.4 Å². The Kier molecular flexibility index (Phi) is 6.62. The molecular formula is C19H20F2N4O3. The van der Waals surface area contributed by atoms with E-state index in [2.05, 4.69) is 20.5 Å². The lowest BCUT2D eigenvalue weighted by Gasteiger charge is -2.26. The van der Waals surface area contributed by atoms with Gasteiger partial charge in [0.1, 0.15) is 17.3 Å².